The Balaban J connectivity index is 1.34. The van der Waals surface area contributed by atoms with Gasteiger partial charge < -0.3 is 0 Å². The van der Waals surface area contributed by atoms with E-state index in [2.05, 4.69) is 0 Å². The van der Waals surface area contributed by atoms with Crippen LogP contribution in [-0.4, -0.2) is 32.2 Å². The van der Waals surface area contributed by atoms with E-state index >= 15 is 0 Å². The first-order valence-electron chi connectivity index (χ1n) is 33.1. The first kappa shape index (κ1) is 18.0. The first-order valence-corrected chi connectivity index (χ1v) is 21.1. The molecule has 63 heavy (non-hydrogen) atoms. The highest BCUT2D eigenvalue weighted by molar-refractivity contribution is 7.20. The van der Waals surface area contributed by atoms with Crippen LogP contribution in [0.5, 0.6) is 0 Å². The van der Waals surface area contributed by atoms with Crippen molar-refractivity contribution in [3.05, 3.63) is 236 Å². The molecular weight excluding hydrogens is 783 g/mol. The van der Waals surface area contributed by atoms with Gasteiger partial charge in [-0.15, -0.1) is 0 Å². The van der Waals surface area contributed by atoms with Crippen molar-refractivity contribution in [3.8, 4) is 34.4 Å². The number of aromatic nitrogens is 5. The molecule has 296 valence electrons. The summed E-state index contributed by atoms with van der Waals surface area (Å²) in [4.78, 5) is 14.3. The largest absolute Gasteiger partial charge is 0.278 e. The number of benzene rings is 9. The highest BCUT2D eigenvalue weighted by Crippen LogP contribution is 2.34. The number of hydrogen-bond acceptors (Lipinski definition) is 3. The topological polar surface area (TPSA) is 48.5 Å². The SMILES string of the molecule is [2H]c1cc2c(c([2H])c1[2H])c1c([2H])c([2H])c([2H])c([2H])c1n2-c1nc(-c2c([2H])c([2H])c([2H])c([Si](c3ccccc3)(c3ccccc3)c3c([2H])c([2H])c([2H])c(-c4c([2H])c([2H])c([2H])c([2H])c4[2H])c3[2H])c2[2H])nc(-n2c3c([2H])c([2H])c([2H])c([2H])c3c3c([2H])c([2H])c([2H])c([2H])c32)n1. The fourth-order valence-corrected chi connectivity index (χ4v) is 12.1. The van der Waals surface area contributed by atoms with E-state index in [9.17, 15) is 17.8 Å². The molecule has 3 aromatic heterocycles. The average Bonchev–Trinajstić information content (AvgIpc) is 1.68. The van der Waals surface area contributed by atoms with Crippen molar-refractivity contribution in [3.63, 3.8) is 0 Å². The molecule has 9 aromatic carbocycles. The molecule has 0 radical (unpaired) electrons. The van der Waals surface area contributed by atoms with E-state index < -0.39 is 255 Å². The number of para-hydroxylation sites is 4. The molecular formula is C57H39N5Si. The zero-order valence-corrected chi connectivity index (χ0v) is 33.1. The highest BCUT2D eigenvalue weighted by Gasteiger charge is 2.42. The van der Waals surface area contributed by atoms with Gasteiger partial charge in [-0.05, 0) is 56.1 Å². The number of fused-ring (bicyclic) bond motifs is 6. The summed E-state index contributed by atoms with van der Waals surface area (Å²) < 4.78 is 260. The molecule has 0 saturated heterocycles. The third-order valence-corrected chi connectivity index (χ3v) is 14.9. The third kappa shape index (κ3) is 5.95. The molecule has 0 unspecified atom stereocenters. The molecule has 0 saturated carbocycles. The van der Waals surface area contributed by atoms with Crippen LogP contribution in [0.2, 0.25) is 0 Å². The second-order valence-electron chi connectivity index (χ2n) is 13.9. The van der Waals surface area contributed by atoms with Crippen molar-refractivity contribution in [2.75, 3.05) is 0 Å². The fraction of sp³-hybridized carbons (Fsp3) is 0. The molecule has 0 amide bonds. The number of nitrogens with zero attached hydrogens (tertiary/aromatic N) is 5. The quantitative estimate of drug-likeness (QED) is 0.113. The summed E-state index contributed by atoms with van der Waals surface area (Å²) in [6.45, 7) is 0. The minimum Gasteiger partial charge on any atom is -0.278 e. The second-order valence-corrected chi connectivity index (χ2v) is 17.5. The molecule has 3 heterocycles. The van der Waals surface area contributed by atoms with Gasteiger partial charge in [-0.25, -0.2) is 0 Å². The zero-order chi connectivity index (χ0) is 66.1. The average molecular weight is 850 g/mol. The lowest BCUT2D eigenvalue weighted by Crippen LogP contribution is -2.74. The molecule has 0 fully saturated rings. The van der Waals surface area contributed by atoms with Crippen molar-refractivity contribution in [2.24, 2.45) is 0 Å². The Morgan fingerprint density at radius 2 is 0.762 bits per heavy atom. The van der Waals surface area contributed by atoms with E-state index in [-0.39, 0.29) is 21.3 Å². The number of hydrogen-bond donors (Lipinski definition) is 0. The lowest BCUT2D eigenvalue weighted by molar-refractivity contribution is 0.893. The Morgan fingerprint density at radius 1 is 0.333 bits per heavy atom. The van der Waals surface area contributed by atoms with Gasteiger partial charge in [0.15, 0.2) is 13.9 Å². The van der Waals surface area contributed by atoms with Crippen LogP contribution >= 0.6 is 0 Å². The maximum atomic E-state index is 10.7. The normalized spacial score (nSPS) is 18.0. The predicted octanol–water partition coefficient (Wildman–Crippen LogP) is 10.8. The van der Waals surface area contributed by atoms with Crippen molar-refractivity contribution in [1.82, 2.24) is 24.1 Å². The van der Waals surface area contributed by atoms with Crippen molar-refractivity contribution in [2.45, 2.75) is 0 Å². The predicted molar refractivity (Wildman–Crippen MR) is 263 cm³/mol. The van der Waals surface area contributed by atoms with E-state index in [4.69, 9.17) is 35.5 Å². The Labute approximate surface area is 405 Å². The van der Waals surface area contributed by atoms with Crippen LogP contribution < -0.4 is 20.7 Å². The van der Waals surface area contributed by atoms with Crippen LogP contribution in [0.3, 0.4) is 0 Å². The van der Waals surface area contributed by atoms with Gasteiger partial charge in [0, 0.05) is 27.1 Å². The van der Waals surface area contributed by atoms with Gasteiger partial charge in [0.05, 0.1) is 60.4 Å². The summed E-state index contributed by atoms with van der Waals surface area (Å²) in [5.74, 6) is -2.54. The molecule has 6 heteroatoms. The smallest absolute Gasteiger partial charge is 0.240 e. The molecule has 0 atom stereocenters. The molecule has 0 spiro atoms. The van der Waals surface area contributed by atoms with E-state index in [1.807, 2.05) is 0 Å². The van der Waals surface area contributed by atoms with E-state index in [1.54, 1.807) is 12.1 Å². The highest BCUT2D eigenvalue weighted by atomic mass is 28.3. The van der Waals surface area contributed by atoms with Gasteiger partial charge in [-0.2, -0.15) is 15.0 Å². The molecule has 0 aliphatic heterocycles. The molecule has 0 N–H and O–H groups in total. The lowest BCUT2D eigenvalue weighted by Gasteiger charge is -2.35. The molecule has 0 bridgehead atoms. The number of rotatable bonds is 8. The van der Waals surface area contributed by atoms with Gasteiger partial charge in [0.2, 0.25) is 11.9 Å². The minimum atomic E-state index is -5.16. The van der Waals surface area contributed by atoms with Gasteiger partial charge in [0.1, 0.15) is 0 Å². The maximum absolute atomic E-state index is 10.7. The van der Waals surface area contributed by atoms with Gasteiger partial charge in [-0.1, -0.05) is 212 Å². The molecule has 0 aliphatic rings. The van der Waals surface area contributed by atoms with Crippen LogP contribution in [0.4, 0.5) is 0 Å². The fourth-order valence-electron chi connectivity index (χ4n) is 7.89. The van der Waals surface area contributed by atoms with Crippen molar-refractivity contribution >= 4 is 72.4 Å². The first-order chi connectivity index (χ1) is 42.9. The molecule has 0 aliphatic carbocycles. The summed E-state index contributed by atoms with van der Waals surface area (Å²) in [7, 11) is -5.16. The summed E-state index contributed by atoms with van der Waals surface area (Å²) in [5, 5.41) is -2.49. The van der Waals surface area contributed by atoms with Gasteiger partial charge in [-0.3, -0.25) is 9.13 Å². The monoisotopic (exact) mass is 849 g/mol. The Hall–Kier alpha value is -8.19. The standard InChI is InChI=1S/C57H39N5Si/c1-4-20-40(21-5-1)41-22-18-28-45(38-41)63(43-24-6-2-7-25-43,44-26-8-3-9-27-44)46-29-19-23-42(39-46)55-58-56(61-51-34-14-10-30-47(51)48-31-11-15-35-52(48)61)60-57(59-55)62-53-36-16-12-32-49(53)50-33-13-17-37-54(50)62/h1-39H/i1D,4D,5D,10D,11D,12D,13D,14D,15D,16D,17D,18D,19D,20D,21D,22D,23D,28D,29D,30D,31D,32D,33D,34D,35D,36D,38D,39D. The van der Waals surface area contributed by atoms with E-state index in [0.717, 1.165) is 15.2 Å². The van der Waals surface area contributed by atoms with Crippen LogP contribution in [0, 0.1) is 0 Å². The summed E-state index contributed by atoms with van der Waals surface area (Å²) in [5.41, 5.74) is -4.20. The lowest BCUT2D eigenvalue weighted by atomic mass is 10.1. The van der Waals surface area contributed by atoms with Crippen molar-refractivity contribution < 1.29 is 38.4 Å². The van der Waals surface area contributed by atoms with Crippen LogP contribution in [-0.2, 0) is 0 Å². The summed E-state index contributed by atoms with van der Waals surface area (Å²) in [6.07, 6.45) is 0. The van der Waals surface area contributed by atoms with Crippen molar-refractivity contribution in [1.29, 1.82) is 0 Å². The Morgan fingerprint density at radius 3 is 1.32 bits per heavy atom. The Kier molecular flexibility index (Phi) is 4.31. The van der Waals surface area contributed by atoms with E-state index in [0.29, 0.717) is 0 Å². The Bertz CT molecular complexity index is 5140. The maximum Gasteiger partial charge on any atom is 0.240 e. The summed E-state index contributed by atoms with van der Waals surface area (Å²) in [6, 6.07) is -7.21. The molecule has 12 rings (SSSR count). The van der Waals surface area contributed by atoms with Gasteiger partial charge in [0.25, 0.3) is 0 Å². The molecule has 5 nitrogen and oxygen atoms in total. The second kappa shape index (κ2) is 15.1. The van der Waals surface area contributed by atoms with Crippen LogP contribution in [0.15, 0.2) is 236 Å². The zero-order valence-electron chi connectivity index (χ0n) is 60.1. The van der Waals surface area contributed by atoms with Crippen LogP contribution in [0.25, 0.3) is 78.0 Å². The summed E-state index contributed by atoms with van der Waals surface area (Å²) >= 11 is 0. The third-order valence-electron chi connectivity index (χ3n) is 10.5. The van der Waals surface area contributed by atoms with Crippen LogP contribution in [0.1, 0.15) is 38.4 Å². The van der Waals surface area contributed by atoms with E-state index in [1.165, 1.54) is 48.5 Å². The van der Waals surface area contributed by atoms with Gasteiger partial charge >= 0.3 is 0 Å². The molecule has 12 aromatic rings. The minimum absolute atomic E-state index is 0.119.